The van der Waals surface area contributed by atoms with Gasteiger partial charge >= 0.3 is 0 Å². The van der Waals surface area contributed by atoms with Gasteiger partial charge in [0.15, 0.2) is 0 Å². The van der Waals surface area contributed by atoms with Crippen molar-refractivity contribution in [3.63, 3.8) is 0 Å². The number of fused-ring (bicyclic) bond motifs is 1. The molecule has 1 saturated heterocycles. The Bertz CT molecular complexity index is 103. The van der Waals surface area contributed by atoms with Crippen LogP contribution in [0.5, 0.6) is 0 Å². The third kappa shape index (κ3) is 0.987. The summed E-state index contributed by atoms with van der Waals surface area (Å²) < 4.78 is 0. The Labute approximate surface area is 60.4 Å². The van der Waals surface area contributed by atoms with Crippen LogP contribution in [0.25, 0.3) is 0 Å². The van der Waals surface area contributed by atoms with Crippen molar-refractivity contribution in [3.05, 3.63) is 0 Å². The molecule has 0 aromatic carbocycles. The molecule has 2 atom stereocenters. The molecule has 9 heavy (non-hydrogen) atoms. The summed E-state index contributed by atoms with van der Waals surface area (Å²) in [6, 6.07) is 0.542. The predicted molar refractivity (Wildman–Crippen MR) is 41.5 cm³/mol. The van der Waals surface area contributed by atoms with Gasteiger partial charge in [-0.15, -0.1) is 0 Å². The number of hydrogen-bond donors (Lipinski definition) is 1. The molecule has 2 fully saturated rings. The summed E-state index contributed by atoms with van der Waals surface area (Å²) in [5.41, 5.74) is 5.82. The monoisotopic (exact) mass is 143 g/mol. The first kappa shape index (κ1) is 6.05. The molecule has 1 aliphatic heterocycles. The van der Waals surface area contributed by atoms with Crippen molar-refractivity contribution in [2.24, 2.45) is 17.6 Å². The van der Waals surface area contributed by atoms with Crippen molar-refractivity contribution in [2.75, 3.05) is 11.5 Å². The van der Waals surface area contributed by atoms with Gasteiger partial charge in [0.25, 0.3) is 0 Å². The molecule has 2 N–H and O–H groups in total. The zero-order valence-electron chi connectivity index (χ0n) is 5.55. The minimum absolute atomic E-state index is 0.542. The summed E-state index contributed by atoms with van der Waals surface area (Å²) >= 11 is 2.11. The molecule has 2 rings (SSSR count). The Kier molecular flexibility index (Phi) is 1.46. The number of rotatable bonds is 0. The number of thioether (sulfide) groups is 1. The fraction of sp³-hybridized carbons (Fsp3) is 1.00. The maximum absolute atomic E-state index is 5.82. The number of nitrogens with two attached hydrogens (primary N) is 1. The van der Waals surface area contributed by atoms with Gasteiger partial charge in [-0.3, -0.25) is 0 Å². The van der Waals surface area contributed by atoms with Crippen LogP contribution in [0, 0.1) is 11.8 Å². The van der Waals surface area contributed by atoms with Crippen LogP contribution in [0.1, 0.15) is 12.8 Å². The van der Waals surface area contributed by atoms with Crippen LogP contribution in [0.15, 0.2) is 0 Å². The van der Waals surface area contributed by atoms with E-state index in [1.54, 1.807) is 0 Å². The van der Waals surface area contributed by atoms with Crippen LogP contribution in [0.3, 0.4) is 0 Å². The topological polar surface area (TPSA) is 26.0 Å². The van der Waals surface area contributed by atoms with Crippen molar-refractivity contribution in [1.29, 1.82) is 0 Å². The lowest BCUT2D eigenvalue weighted by atomic mass is 10.0. The first-order valence-electron chi connectivity index (χ1n) is 3.69. The molecule has 0 unspecified atom stereocenters. The summed E-state index contributed by atoms with van der Waals surface area (Å²) in [4.78, 5) is 0. The minimum Gasteiger partial charge on any atom is -0.328 e. The Morgan fingerprint density at radius 2 is 1.67 bits per heavy atom. The minimum atomic E-state index is 0.542. The summed E-state index contributed by atoms with van der Waals surface area (Å²) in [7, 11) is 0. The molecule has 0 spiro atoms. The highest BCUT2D eigenvalue weighted by atomic mass is 32.2. The summed E-state index contributed by atoms with van der Waals surface area (Å²) in [6.07, 6.45) is 2.61. The van der Waals surface area contributed by atoms with Gasteiger partial charge in [0.2, 0.25) is 0 Å². The van der Waals surface area contributed by atoms with Gasteiger partial charge in [-0.25, -0.2) is 0 Å². The van der Waals surface area contributed by atoms with Crippen LogP contribution in [-0.4, -0.2) is 17.5 Å². The third-order valence-electron chi connectivity index (χ3n) is 2.54. The summed E-state index contributed by atoms with van der Waals surface area (Å²) in [5, 5.41) is 0. The van der Waals surface area contributed by atoms with Crippen LogP contribution < -0.4 is 5.73 Å². The molecule has 2 heteroatoms. The van der Waals surface area contributed by atoms with Crippen molar-refractivity contribution in [1.82, 2.24) is 0 Å². The van der Waals surface area contributed by atoms with E-state index in [-0.39, 0.29) is 0 Å². The normalized spacial score (nSPS) is 43.7. The molecule has 0 bridgehead atoms. The Morgan fingerprint density at radius 1 is 1.11 bits per heavy atom. The quantitative estimate of drug-likeness (QED) is 0.549. The second kappa shape index (κ2) is 2.17. The second-order valence-corrected chi connectivity index (χ2v) is 4.36. The summed E-state index contributed by atoms with van der Waals surface area (Å²) in [6.45, 7) is 0. The lowest BCUT2D eigenvalue weighted by Crippen LogP contribution is -2.15. The van der Waals surface area contributed by atoms with Gasteiger partial charge in [0.05, 0.1) is 0 Å². The molecule has 0 radical (unpaired) electrons. The van der Waals surface area contributed by atoms with Gasteiger partial charge in [-0.2, -0.15) is 11.8 Å². The van der Waals surface area contributed by atoms with Crippen LogP contribution >= 0.6 is 11.8 Å². The zero-order chi connectivity index (χ0) is 6.27. The molecule has 1 saturated carbocycles. The molecule has 0 amide bonds. The summed E-state index contributed by atoms with van der Waals surface area (Å²) in [5.74, 6) is 4.76. The lowest BCUT2D eigenvalue weighted by Gasteiger charge is -2.02. The fourth-order valence-electron chi connectivity index (χ4n) is 2.04. The maximum Gasteiger partial charge on any atom is 0.00449 e. The molecule has 2 aliphatic rings. The molecule has 0 aromatic heterocycles. The average molecular weight is 143 g/mol. The smallest absolute Gasteiger partial charge is 0.00449 e. The van der Waals surface area contributed by atoms with Crippen molar-refractivity contribution >= 4 is 11.8 Å². The number of hydrogen-bond acceptors (Lipinski definition) is 2. The Morgan fingerprint density at radius 3 is 2.22 bits per heavy atom. The van der Waals surface area contributed by atoms with Crippen LogP contribution in [0.2, 0.25) is 0 Å². The van der Waals surface area contributed by atoms with E-state index in [0.29, 0.717) is 6.04 Å². The Balaban J connectivity index is 2.02. The fourth-order valence-corrected chi connectivity index (χ4v) is 3.60. The van der Waals surface area contributed by atoms with E-state index in [0.717, 1.165) is 11.8 Å². The SMILES string of the molecule is NC1C[C@H]2CSC[C@@H]2C1. The van der Waals surface area contributed by atoms with Crippen LogP contribution in [0.4, 0.5) is 0 Å². The third-order valence-corrected chi connectivity index (χ3v) is 3.87. The molecule has 0 aromatic rings. The molecule has 1 heterocycles. The maximum atomic E-state index is 5.82. The van der Waals surface area contributed by atoms with Gasteiger partial charge in [-0.05, 0) is 36.2 Å². The molecule has 1 nitrogen and oxygen atoms in total. The lowest BCUT2D eigenvalue weighted by molar-refractivity contribution is 0.494. The highest BCUT2D eigenvalue weighted by molar-refractivity contribution is 7.99. The first-order chi connectivity index (χ1) is 4.36. The van der Waals surface area contributed by atoms with Crippen molar-refractivity contribution < 1.29 is 0 Å². The van der Waals surface area contributed by atoms with Gasteiger partial charge in [-0.1, -0.05) is 0 Å². The average Bonchev–Trinajstić information content (AvgIpc) is 2.22. The highest BCUT2D eigenvalue weighted by Gasteiger charge is 2.35. The predicted octanol–water partition coefficient (Wildman–Crippen LogP) is 1.09. The van der Waals surface area contributed by atoms with Gasteiger partial charge in [0.1, 0.15) is 0 Å². The van der Waals surface area contributed by atoms with Gasteiger partial charge in [0, 0.05) is 6.04 Å². The second-order valence-electron chi connectivity index (χ2n) is 3.29. The van der Waals surface area contributed by atoms with E-state index in [4.69, 9.17) is 5.73 Å². The zero-order valence-corrected chi connectivity index (χ0v) is 6.36. The standard InChI is InChI=1S/C7H13NS/c8-7-1-5-3-9-4-6(5)2-7/h5-7H,1-4,8H2/t5-,6-/m0/s1. The van der Waals surface area contributed by atoms with E-state index in [9.17, 15) is 0 Å². The van der Waals surface area contributed by atoms with E-state index in [1.807, 2.05) is 0 Å². The molecular weight excluding hydrogens is 130 g/mol. The van der Waals surface area contributed by atoms with E-state index in [1.165, 1.54) is 24.3 Å². The largest absolute Gasteiger partial charge is 0.328 e. The Hall–Kier alpha value is 0.310. The van der Waals surface area contributed by atoms with E-state index < -0.39 is 0 Å². The van der Waals surface area contributed by atoms with Crippen molar-refractivity contribution in [2.45, 2.75) is 18.9 Å². The molecular formula is C7H13NS. The van der Waals surface area contributed by atoms with Crippen molar-refractivity contribution in [3.8, 4) is 0 Å². The van der Waals surface area contributed by atoms with E-state index >= 15 is 0 Å². The highest BCUT2D eigenvalue weighted by Crippen LogP contribution is 2.41. The van der Waals surface area contributed by atoms with E-state index in [2.05, 4.69) is 11.8 Å². The molecule has 1 aliphatic carbocycles. The van der Waals surface area contributed by atoms with Gasteiger partial charge < -0.3 is 5.73 Å². The van der Waals surface area contributed by atoms with Crippen LogP contribution in [-0.2, 0) is 0 Å². The molecule has 52 valence electrons. The first-order valence-corrected chi connectivity index (χ1v) is 4.85.